The second kappa shape index (κ2) is 24.5. The van der Waals surface area contributed by atoms with Crippen LogP contribution in [0.4, 0.5) is 0 Å². The van der Waals surface area contributed by atoms with Gasteiger partial charge in [-0.25, -0.2) is 9.59 Å². The molecular formula is C61H92O26. The fraction of sp³-hybridized carbons (Fsp3) is 0.836. The van der Waals surface area contributed by atoms with E-state index in [2.05, 4.69) is 26.8 Å². The van der Waals surface area contributed by atoms with Crippen molar-refractivity contribution in [2.24, 2.45) is 50.2 Å². The van der Waals surface area contributed by atoms with E-state index in [0.717, 1.165) is 5.57 Å². The number of rotatable bonds is 14. The molecule has 1 aromatic rings. The molecule has 4 heterocycles. The highest BCUT2D eigenvalue weighted by atomic mass is 16.8. The average molecular weight is 1240 g/mol. The third kappa shape index (κ3) is 11.0. The number of aliphatic carboxylic acids is 1. The van der Waals surface area contributed by atoms with Crippen LogP contribution in [0, 0.1) is 50.2 Å². The first-order valence-electron chi connectivity index (χ1n) is 30.5. The van der Waals surface area contributed by atoms with Gasteiger partial charge in [0.05, 0.1) is 49.1 Å². The molecule has 0 amide bonds. The Morgan fingerprint density at radius 2 is 1.18 bits per heavy atom. The minimum Gasteiger partial charge on any atom is -0.479 e. The maximum Gasteiger partial charge on any atom is 0.338 e. The lowest BCUT2D eigenvalue weighted by atomic mass is 9.33. The number of hydrogen-bond acceptors (Lipinski definition) is 25. The number of carbonyl (C=O) groups is 2. The lowest BCUT2D eigenvalue weighted by Crippen LogP contribution is -2.72. The Labute approximate surface area is 504 Å². The summed E-state index contributed by atoms with van der Waals surface area (Å²) >= 11 is 0. The van der Waals surface area contributed by atoms with Crippen LogP contribution < -0.4 is 0 Å². The molecule has 4 aliphatic heterocycles. The van der Waals surface area contributed by atoms with Crippen molar-refractivity contribution in [3.63, 3.8) is 0 Å². The molecule has 0 spiro atoms. The molecule has 1 aromatic carbocycles. The number of aliphatic hydroxyl groups excluding tert-OH is 14. The highest BCUT2D eigenvalue weighted by Gasteiger charge is 2.73. The van der Waals surface area contributed by atoms with E-state index in [1.54, 1.807) is 30.3 Å². The van der Waals surface area contributed by atoms with Crippen LogP contribution in [0.25, 0.3) is 0 Å². The predicted molar refractivity (Wildman–Crippen MR) is 296 cm³/mol. The van der Waals surface area contributed by atoms with Crippen LogP contribution in [0.5, 0.6) is 0 Å². The number of allylic oxidation sites excluding steroid dienone is 2. The van der Waals surface area contributed by atoms with E-state index in [-0.39, 0.29) is 23.8 Å². The van der Waals surface area contributed by atoms with E-state index >= 15 is 0 Å². The molecule has 0 unspecified atom stereocenters. The van der Waals surface area contributed by atoms with Crippen LogP contribution in [0.2, 0.25) is 0 Å². The molecule has 26 heteroatoms. The Morgan fingerprint density at radius 1 is 0.609 bits per heavy atom. The Balaban J connectivity index is 0.966. The molecule has 0 bridgehead atoms. The van der Waals surface area contributed by atoms with Crippen LogP contribution in [-0.2, 0) is 47.4 Å². The van der Waals surface area contributed by atoms with Gasteiger partial charge in [-0.1, -0.05) is 78.3 Å². The van der Waals surface area contributed by atoms with Crippen LogP contribution in [0.3, 0.4) is 0 Å². The smallest absolute Gasteiger partial charge is 0.338 e. The van der Waals surface area contributed by atoms with Crippen LogP contribution in [0.15, 0.2) is 42.0 Å². The molecule has 0 radical (unpaired) electrons. The Hall–Kier alpha value is -2.98. The van der Waals surface area contributed by atoms with Crippen molar-refractivity contribution in [3.8, 4) is 0 Å². The Kier molecular flexibility index (Phi) is 18.8. The molecule has 87 heavy (non-hydrogen) atoms. The fourth-order valence-corrected chi connectivity index (χ4v) is 17.7. The van der Waals surface area contributed by atoms with E-state index in [4.69, 9.17) is 42.6 Å². The third-order valence-electron chi connectivity index (χ3n) is 22.9. The van der Waals surface area contributed by atoms with Crippen molar-refractivity contribution in [2.75, 3.05) is 19.8 Å². The van der Waals surface area contributed by atoms with E-state index in [1.807, 2.05) is 27.7 Å². The second-order valence-electron chi connectivity index (χ2n) is 28.3. The molecule has 10 rings (SSSR count). The lowest BCUT2D eigenvalue weighted by Gasteiger charge is -2.72. The summed E-state index contributed by atoms with van der Waals surface area (Å²) in [7, 11) is 0. The quantitative estimate of drug-likeness (QED) is 0.0563. The maximum absolute atomic E-state index is 13.9. The number of carboxylic acid groups (broad SMARTS) is 1. The van der Waals surface area contributed by atoms with Crippen molar-refractivity contribution < 1.29 is 129 Å². The van der Waals surface area contributed by atoms with Gasteiger partial charge < -0.3 is 119 Å². The summed E-state index contributed by atoms with van der Waals surface area (Å²) in [6, 6.07) is 8.36. The van der Waals surface area contributed by atoms with Gasteiger partial charge >= 0.3 is 11.9 Å². The first-order chi connectivity index (χ1) is 40.7. The summed E-state index contributed by atoms with van der Waals surface area (Å²) in [6.07, 6.45) is -35.3. The highest BCUT2D eigenvalue weighted by molar-refractivity contribution is 5.89. The molecule has 5 aliphatic carbocycles. The topological polar surface area (TPSA) is 421 Å². The fourth-order valence-electron chi connectivity index (χ4n) is 17.7. The zero-order valence-electron chi connectivity index (χ0n) is 50.3. The molecule has 4 saturated heterocycles. The van der Waals surface area contributed by atoms with E-state index in [1.165, 1.54) is 6.92 Å². The van der Waals surface area contributed by atoms with E-state index in [9.17, 15) is 86.2 Å². The zero-order chi connectivity index (χ0) is 63.6. The van der Waals surface area contributed by atoms with Crippen molar-refractivity contribution in [3.05, 3.63) is 47.5 Å². The van der Waals surface area contributed by atoms with Gasteiger partial charge in [-0.2, -0.15) is 0 Å². The summed E-state index contributed by atoms with van der Waals surface area (Å²) in [5, 5.41) is 166. The number of benzene rings is 1. The number of esters is 1. The largest absolute Gasteiger partial charge is 0.479 e. The molecule has 26 nitrogen and oxygen atoms in total. The number of hydrogen-bond donors (Lipinski definition) is 15. The number of ether oxygens (including phenoxy) is 9. The number of carboxylic acids is 1. The summed E-state index contributed by atoms with van der Waals surface area (Å²) in [5.74, 6) is -3.14. The summed E-state index contributed by atoms with van der Waals surface area (Å²) in [5.41, 5.74) is -3.73. The van der Waals surface area contributed by atoms with Crippen molar-refractivity contribution in [1.82, 2.24) is 0 Å². The van der Waals surface area contributed by atoms with Gasteiger partial charge in [0.25, 0.3) is 0 Å². The summed E-state index contributed by atoms with van der Waals surface area (Å²) in [6.45, 7) is 13.9. The second-order valence-corrected chi connectivity index (χ2v) is 28.3. The SMILES string of the molecule is C[C@@H]1O[C@@H](OC[C@@]23[C@H](O)C[C@]4(C)C(=CC[C@@H]5[C@@]6(C)CC[C@H](O[C@@H]7O[C@H](C(=O)O)[C@@H](O)[C@H](O[C@@H]8O[C@H](CO)[C@H](O)[C@H](O)[C@H]8O)[C@H]7O[C@@H]7O[C@H](CO)[C@H](O)[C@H](O)[C@H]7O)C(C)(C)[C@@H]6CC[C@]54C)[C@H]2CC(C)(C)[C@@H](OC(=O)c2ccccc2)[C@@H]3O)[C@H](O)[C@H](O)[C@H]1O. The number of fused-ring (bicyclic) bond motifs is 7. The Morgan fingerprint density at radius 3 is 1.77 bits per heavy atom. The van der Waals surface area contributed by atoms with E-state index < -0.39 is 217 Å². The molecule has 9 aliphatic rings. The zero-order valence-corrected chi connectivity index (χ0v) is 50.3. The van der Waals surface area contributed by atoms with Crippen molar-refractivity contribution >= 4 is 11.9 Å². The molecule has 8 fully saturated rings. The van der Waals surface area contributed by atoms with Crippen molar-refractivity contribution in [1.29, 1.82) is 0 Å². The van der Waals surface area contributed by atoms with Gasteiger partial charge in [-0.05, 0) is 103 Å². The molecule has 15 N–H and O–H groups in total. The summed E-state index contributed by atoms with van der Waals surface area (Å²) < 4.78 is 55.2. The number of aliphatic hydroxyl groups is 14. The standard InChI is InChI=1S/C61H92O26/c1-25-35(65)38(68)41(71)52(80-25)79-24-61-28(20-56(2,3)49(48(61)75)87-51(78)26-12-10-9-11-13-26)27-14-15-32-58(6)18-17-34(57(4,5)31(58)16-19-59(32,7)60(27,8)21-33(61)64)83-55-47(86-54-43(73)40(70)37(67)30(23-63)82-54)45(44(74)46(85-55)50(76)77)84-53-42(72)39(69)36(66)29(22-62)81-53/h9-14,25,28-49,52-55,62-75H,15-24H2,1-8H3,(H,76,77)/t25-,28+,29+,30+,31-,32+,33+,34-,35-,36-,37-,38+,39-,40-,41+,42+,43+,44-,45-,46-,47+,48-,49-,52+,53-,54-,55+,58-,59+,60+,61-/m0/s1. The summed E-state index contributed by atoms with van der Waals surface area (Å²) in [4.78, 5) is 26.9. The molecule has 0 aromatic heterocycles. The Bertz CT molecular complexity index is 2630. The minimum atomic E-state index is -2.20. The monoisotopic (exact) mass is 1240 g/mol. The van der Waals surface area contributed by atoms with Gasteiger partial charge in [-0.3, -0.25) is 0 Å². The highest BCUT2D eigenvalue weighted by Crippen LogP contribution is 2.76. The first-order valence-corrected chi connectivity index (χ1v) is 30.5. The van der Waals surface area contributed by atoms with Crippen molar-refractivity contribution in [2.45, 2.75) is 248 Å². The van der Waals surface area contributed by atoms with E-state index in [0.29, 0.717) is 38.5 Å². The predicted octanol–water partition coefficient (Wildman–Crippen LogP) is -1.66. The van der Waals surface area contributed by atoms with Crippen LogP contribution >= 0.6 is 0 Å². The van der Waals surface area contributed by atoms with Crippen LogP contribution in [0.1, 0.15) is 111 Å². The van der Waals surface area contributed by atoms with Gasteiger partial charge in [0, 0.05) is 5.41 Å². The lowest BCUT2D eigenvalue weighted by molar-refractivity contribution is -0.396. The van der Waals surface area contributed by atoms with Crippen LogP contribution in [-0.4, -0.2) is 256 Å². The normalized spacial score (nSPS) is 51.1. The van der Waals surface area contributed by atoms with Gasteiger partial charge in [-0.15, -0.1) is 0 Å². The third-order valence-corrected chi connectivity index (χ3v) is 22.9. The molecular weight excluding hydrogens is 1150 g/mol. The molecule has 31 atom stereocenters. The first kappa shape index (κ1) is 66.9. The maximum atomic E-state index is 13.9. The molecule has 492 valence electrons. The van der Waals surface area contributed by atoms with Gasteiger partial charge in [0.2, 0.25) is 0 Å². The van der Waals surface area contributed by atoms with Gasteiger partial charge in [0.15, 0.2) is 31.3 Å². The molecule has 4 saturated carbocycles. The average Bonchev–Trinajstić information content (AvgIpc) is 0.673. The number of carbonyl (C=O) groups excluding carboxylic acids is 1. The minimum absolute atomic E-state index is 0.0500. The van der Waals surface area contributed by atoms with Gasteiger partial charge in [0.1, 0.15) is 97.7 Å².